The number of nitrogens with one attached hydrogen (secondary N) is 1. The number of rotatable bonds is 6. The Morgan fingerprint density at radius 1 is 1.53 bits per heavy atom. The fraction of sp³-hybridized carbons (Fsp3) is 0.917. The van der Waals surface area contributed by atoms with Crippen LogP contribution in [-0.4, -0.2) is 54.3 Å². The summed E-state index contributed by atoms with van der Waals surface area (Å²) in [4.78, 5) is 13.4. The monoisotopic (exact) mass is 260 g/mol. The maximum Gasteiger partial charge on any atom is 0.317 e. The van der Waals surface area contributed by atoms with Crippen LogP contribution in [-0.2, 0) is 0 Å². The lowest BCUT2D eigenvalue weighted by atomic mass is 10.1. The number of nitrogens with zero attached hydrogens (tertiary/aromatic N) is 1. The summed E-state index contributed by atoms with van der Waals surface area (Å²) < 4.78 is 0. The number of carbonyl (C=O) groups is 1. The minimum Gasteiger partial charge on any atom is -0.393 e. The van der Waals surface area contributed by atoms with Gasteiger partial charge in [-0.3, -0.25) is 0 Å². The molecule has 1 fully saturated rings. The van der Waals surface area contributed by atoms with Crippen molar-refractivity contribution in [2.45, 2.75) is 31.8 Å². The van der Waals surface area contributed by atoms with Crippen molar-refractivity contribution in [2.24, 2.45) is 5.92 Å². The highest BCUT2D eigenvalue weighted by molar-refractivity contribution is 7.98. The van der Waals surface area contributed by atoms with Gasteiger partial charge in [0.2, 0.25) is 0 Å². The molecule has 1 aliphatic carbocycles. The lowest BCUT2D eigenvalue weighted by Crippen LogP contribution is -2.41. The molecule has 0 aromatic carbocycles. The Labute approximate surface area is 108 Å². The van der Waals surface area contributed by atoms with Gasteiger partial charge < -0.3 is 15.3 Å². The molecule has 0 bridgehead atoms. The number of hydrogen-bond acceptors (Lipinski definition) is 3. The molecule has 1 rings (SSSR count). The SMILES string of the molecule is CSCCCNC(=O)N(C)CC1CCCC1O. The summed E-state index contributed by atoms with van der Waals surface area (Å²) in [6.07, 6.45) is 5.85. The highest BCUT2D eigenvalue weighted by Gasteiger charge is 2.27. The quantitative estimate of drug-likeness (QED) is 0.712. The summed E-state index contributed by atoms with van der Waals surface area (Å²) >= 11 is 1.79. The molecule has 0 heterocycles. The first-order chi connectivity index (χ1) is 8.15. The number of aliphatic hydroxyl groups is 1. The molecule has 2 amide bonds. The smallest absolute Gasteiger partial charge is 0.317 e. The van der Waals surface area contributed by atoms with Crippen molar-refractivity contribution >= 4 is 17.8 Å². The van der Waals surface area contributed by atoms with Crippen LogP contribution in [0.2, 0.25) is 0 Å². The molecule has 2 unspecified atom stereocenters. The number of hydrogen-bond donors (Lipinski definition) is 2. The minimum atomic E-state index is -0.221. The Bertz CT molecular complexity index is 239. The highest BCUT2D eigenvalue weighted by Crippen LogP contribution is 2.25. The second kappa shape index (κ2) is 7.82. The first-order valence-electron chi connectivity index (χ1n) is 6.31. The second-order valence-electron chi connectivity index (χ2n) is 4.72. The maximum atomic E-state index is 11.7. The van der Waals surface area contributed by atoms with Crippen LogP contribution in [0.15, 0.2) is 0 Å². The average molecular weight is 260 g/mol. The molecule has 0 aromatic heterocycles. The lowest BCUT2D eigenvalue weighted by Gasteiger charge is -2.23. The van der Waals surface area contributed by atoms with Crippen molar-refractivity contribution in [2.75, 3.05) is 32.1 Å². The van der Waals surface area contributed by atoms with Crippen molar-refractivity contribution in [3.05, 3.63) is 0 Å². The predicted octanol–water partition coefficient (Wildman–Crippen LogP) is 1.54. The van der Waals surface area contributed by atoms with Crippen LogP contribution < -0.4 is 5.32 Å². The van der Waals surface area contributed by atoms with Gasteiger partial charge in [-0.1, -0.05) is 6.42 Å². The van der Waals surface area contributed by atoms with Gasteiger partial charge in [0.05, 0.1) is 6.10 Å². The van der Waals surface area contributed by atoms with E-state index in [1.54, 1.807) is 23.7 Å². The van der Waals surface area contributed by atoms with Gasteiger partial charge in [-0.15, -0.1) is 0 Å². The Morgan fingerprint density at radius 2 is 2.29 bits per heavy atom. The van der Waals surface area contributed by atoms with Gasteiger partial charge in [-0.2, -0.15) is 11.8 Å². The maximum absolute atomic E-state index is 11.7. The van der Waals surface area contributed by atoms with E-state index in [1.165, 1.54) is 0 Å². The van der Waals surface area contributed by atoms with Gasteiger partial charge in [0.25, 0.3) is 0 Å². The molecule has 0 spiro atoms. The molecular formula is C12H24N2O2S. The Balaban J connectivity index is 2.17. The number of thioether (sulfide) groups is 1. The third kappa shape index (κ3) is 5.17. The molecule has 0 aliphatic heterocycles. The fourth-order valence-electron chi connectivity index (χ4n) is 2.21. The Morgan fingerprint density at radius 3 is 2.88 bits per heavy atom. The molecule has 2 atom stereocenters. The van der Waals surface area contributed by atoms with E-state index >= 15 is 0 Å². The molecule has 1 saturated carbocycles. The normalized spacial score (nSPS) is 23.7. The van der Waals surface area contributed by atoms with Crippen LogP contribution in [0.5, 0.6) is 0 Å². The molecule has 0 aromatic rings. The van der Waals surface area contributed by atoms with Gasteiger partial charge in [0.1, 0.15) is 0 Å². The van der Waals surface area contributed by atoms with Gasteiger partial charge in [-0.25, -0.2) is 4.79 Å². The summed E-state index contributed by atoms with van der Waals surface area (Å²) in [6.45, 7) is 1.40. The molecule has 100 valence electrons. The van der Waals surface area contributed by atoms with E-state index in [0.717, 1.165) is 38.0 Å². The summed E-state index contributed by atoms with van der Waals surface area (Å²) in [5.74, 6) is 1.34. The van der Waals surface area contributed by atoms with Crippen molar-refractivity contribution in [1.82, 2.24) is 10.2 Å². The van der Waals surface area contributed by atoms with E-state index in [-0.39, 0.29) is 18.1 Å². The highest BCUT2D eigenvalue weighted by atomic mass is 32.2. The summed E-state index contributed by atoms with van der Waals surface area (Å²) in [5, 5.41) is 12.6. The van der Waals surface area contributed by atoms with Crippen molar-refractivity contribution in [1.29, 1.82) is 0 Å². The summed E-state index contributed by atoms with van der Waals surface area (Å²) in [5.41, 5.74) is 0. The molecule has 0 radical (unpaired) electrons. The van der Waals surface area contributed by atoms with Gasteiger partial charge in [-0.05, 0) is 31.3 Å². The zero-order valence-electron chi connectivity index (χ0n) is 10.8. The van der Waals surface area contributed by atoms with E-state index in [1.807, 2.05) is 0 Å². The molecule has 4 nitrogen and oxygen atoms in total. The zero-order valence-corrected chi connectivity index (χ0v) is 11.6. The van der Waals surface area contributed by atoms with Crippen molar-refractivity contribution in [3.8, 4) is 0 Å². The average Bonchev–Trinajstić information content (AvgIpc) is 2.70. The standard InChI is InChI=1S/C12H24N2O2S/c1-14(9-10-5-3-6-11(10)15)12(16)13-7-4-8-17-2/h10-11,15H,3-9H2,1-2H3,(H,13,16). The fourth-order valence-corrected chi connectivity index (χ4v) is 2.64. The first-order valence-corrected chi connectivity index (χ1v) is 7.70. The molecular weight excluding hydrogens is 236 g/mol. The van der Waals surface area contributed by atoms with Crippen molar-refractivity contribution in [3.63, 3.8) is 0 Å². The third-order valence-corrected chi connectivity index (χ3v) is 3.97. The molecule has 5 heteroatoms. The van der Waals surface area contributed by atoms with Gasteiger partial charge in [0.15, 0.2) is 0 Å². The summed E-state index contributed by atoms with van der Waals surface area (Å²) in [7, 11) is 1.80. The summed E-state index contributed by atoms with van der Waals surface area (Å²) in [6, 6.07) is -0.0230. The molecule has 17 heavy (non-hydrogen) atoms. The molecule has 1 aliphatic rings. The Hall–Kier alpha value is -0.420. The van der Waals surface area contributed by atoms with Crippen molar-refractivity contribution < 1.29 is 9.90 Å². The number of urea groups is 1. The largest absolute Gasteiger partial charge is 0.393 e. The van der Waals surface area contributed by atoms with Gasteiger partial charge in [0, 0.05) is 26.1 Å². The van der Waals surface area contributed by atoms with Crippen LogP contribution in [0.3, 0.4) is 0 Å². The third-order valence-electron chi connectivity index (χ3n) is 3.28. The number of carbonyl (C=O) groups excluding carboxylic acids is 1. The number of amides is 2. The molecule has 2 N–H and O–H groups in total. The number of aliphatic hydroxyl groups excluding tert-OH is 1. The van der Waals surface area contributed by atoms with E-state index in [2.05, 4.69) is 11.6 Å². The van der Waals surface area contributed by atoms with Crippen LogP contribution in [0, 0.1) is 5.92 Å². The van der Waals surface area contributed by atoms with Crippen LogP contribution in [0.4, 0.5) is 4.79 Å². The van der Waals surface area contributed by atoms with E-state index in [4.69, 9.17) is 0 Å². The van der Waals surface area contributed by atoms with E-state index < -0.39 is 0 Å². The van der Waals surface area contributed by atoms with E-state index in [0.29, 0.717) is 6.54 Å². The second-order valence-corrected chi connectivity index (χ2v) is 5.70. The van der Waals surface area contributed by atoms with Crippen LogP contribution in [0.25, 0.3) is 0 Å². The first kappa shape index (κ1) is 14.6. The topological polar surface area (TPSA) is 52.6 Å². The van der Waals surface area contributed by atoms with Crippen LogP contribution in [0.1, 0.15) is 25.7 Å². The predicted molar refractivity (Wildman–Crippen MR) is 72.4 cm³/mol. The van der Waals surface area contributed by atoms with E-state index in [9.17, 15) is 9.90 Å². The minimum absolute atomic E-state index is 0.0230. The van der Waals surface area contributed by atoms with Crippen LogP contribution >= 0.6 is 11.8 Å². The lowest BCUT2D eigenvalue weighted by molar-refractivity contribution is 0.114. The zero-order chi connectivity index (χ0) is 12.7. The van der Waals surface area contributed by atoms with Gasteiger partial charge >= 0.3 is 6.03 Å². The Kier molecular flexibility index (Phi) is 6.73. The molecule has 0 saturated heterocycles.